The van der Waals surface area contributed by atoms with E-state index in [1.165, 1.54) is 32.1 Å². The highest BCUT2D eigenvalue weighted by molar-refractivity contribution is 5.80. The molecule has 0 bridgehead atoms. The molecule has 1 rings (SSSR count). The monoisotopic (exact) mass is 155 g/mol. The molecule has 1 aliphatic rings. The maximum Gasteiger partial charge on any atom is 0.146 e. The van der Waals surface area contributed by atoms with Gasteiger partial charge >= 0.3 is 0 Å². The van der Waals surface area contributed by atoms with Crippen LogP contribution in [0, 0.1) is 5.92 Å². The number of carbonyl (C=O) groups is 1. The van der Waals surface area contributed by atoms with Crippen LogP contribution in [-0.2, 0) is 4.79 Å². The van der Waals surface area contributed by atoms with Crippen molar-refractivity contribution in [1.82, 2.24) is 0 Å². The van der Waals surface area contributed by atoms with Crippen LogP contribution in [0.3, 0.4) is 0 Å². The van der Waals surface area contributed by atoms with E-state index in [9.17, 15) is 4.79 Å². The minimum Gasteiger partial charge on any atom is -0.324 e. The van der Waals surface area contributed by atoms with Gasteiger partial charge in [-0.3, -0.25) is 4.79 Å². The summed E-state index contributed by atoms with van der Waals surface area (Å²) in [5.41, 5.74) is 5.24. The Morgan fingerprint density at radius 3 is 2.45 bits per heavy atom. The number of rotatable bonds is 3. The molecule has 64 valence electrons. The summed E-state index contributed by atoms with van der Waals surface area (Å²) in [5.74, 6) is 0.886. The van der Waals surface area contributed by atoms with Crippen LogP contribution in [0.15, 0.2) is 0 Å². The molecule has 1 fully saturated rings. The number of nitrogens with two attached hydrogens (primary N) is 1. The SMILES string of the molecule is NCC(=O)CC1CCCCC1. The summed E-state index contributed by atoms with van der Waals surface area (Å²) in [7, 11) is 0. The summed E-state index contributed by atoms with van der Waals surface area (Å²) in [5, 5.41) is 0. The van der Waals surface area contributed by atoms with Crippen molar-refractivity contribution in [3.63, 3.8) is 0 Å². The van der Waals surface area contributed by atoms with E-state index >= 15 is 0 Å². The topological polar surface area (TPSA) is 43.1 Å². The molecule has 0 radical (unpaired) electrons. The fourth-order valence-electron chi connectivity index (χ4n) is 1.80. The lowest BCUT2D eigenvalue weighted by Crippen LogP contribution is -2.18. The molecule has 0 saturated heterocycles. The Bertz CT molecular complexity index is 128. The van der Waals surface area contributed by atoms with Gasteiger partial charge in [0.15, 0.2) is 0 Å². The van der Waals surface area contributed by atoms with Gasteiger partial charge in [-0.1, -0.05) is 32.1 Å². The van der Waals surface area contributed by atoms with Crippen molar-refractivity contribution in [3.8, 4) is 0 Å². The minimum atomic E-state index is 0.233. The fraction of sp³-hybridized carbons (Fsp3) is 0.889. The van der Waals surface area contributed by atoms with E-state index in [4.69, 9.17) is 5.73 Å². The molecule has 0 heterocycles. The van der Waals surface area contributed by atoms with Gasteiger partial charge < -0.3 is 5.73 Å². The molecular weight excluding hydrogens is 138 g/mol. The van der Waals surface area contributed by atoms with Crippen LogP contribution >= 0.6 is 0 Å². The van der Waals surface area contributed by atoms with Gasteiger partial charge in [-0.05, 0) is 5.92 Å². The second-order valence-electron chi connectivity index (χ2n) is 3.45. The molecule has 2 N–H and O–H groups in total. The predicted molar refractivity (Wildman–Crippen MR) is 45.3 cm³/mol. The van der Waals surface area contributed by atoms with Crippen LogP contribution < -0.4 is 5.73 Å². The van der Waals surface area contributed by atoms with Gasteiger partial charge in [0.2, 0.25) is 0 Å². The zero-order valence-electron chi connectivity index (χ0n) is 7.01. The van der Waals surface area contributed by atoms with E-state index < -0.39 is 0 Å². The van der Waals surface area contributed by atoms with Crippen molar-refractivity contribution < 1.29 is 4.79 Å². The number of hydrogen-bond donors (Lipinski definition) is 1. The number of carbonyl (C=O) groups excluding carboxylic acids is 1. The van der Waals surface area contributed by atoms with Gasteiger partial charge in [-0.2, -0.15) is 0 Å². The molecule has 1 aliphatic carbocycles. The van der Waals surface area contributed by atoms with E-state index in [2.05, 4.69) is 0 Å². The third kappa shape index (κ3) is 3.02. The molecule has 0 amide bonds. The van der Waals surface area contributed by atoms with Crippen molar-refractivity contribution in [3.05, 3.63) is 0 Å². The van der Waals surface area contributed by atoms with Gasteiger partial charge in [0, 0.05) is 6.42 Å². The lowest BCUT2D eigenvalue weighted by Gasteiger charge is -2.20. The van der Waals surface area contributed by atoms with Crippen LogP contribution in [0.1, 0.15) is 38.5 Å². The Labute approximate surface area is 68.2 Å². The van der Waals surface area contributed by atoms with Crippen molar-refractivity contribution >= 4 is 5.78 Å². The first-order valence-electron chi connectivity index (χ1n) is 4.54. The highest BCUT2D eigenvalue weighted by Crippen LogP contribution is 2.26. The molecule has 0 aromatic carbocycles. The van der Waals surface area contributed by atoms with Crippen LogP contribution in [0.2, 0.25) is 0 Å². The Kier molecular flexibility index (Phi) is 3.57. The highest BCUT2D eigenvalue weighted by atomic mass is 16.1. The van der Waals surface area contributed by atoms with Gasteiger partial charge in [-0.15, -0.1) is 0 Å². The molecule has 1 saturated carbocycles. The quantitative estimate of drug-likeness (QED) is 0.671. The van der Waals surface area contributed by atoms with Crippen molar-refractivity contribution in [2.45, 2.75) is 38.5 Å². The van der Waals surface area contributed by atoms with Gasteiger partial charge in [0.1, 0.15) is 5.78 Å². The summed E-state index contributed by atoms with van der Waals surface area (Å²) >= 11 is 0. The molecule has 0 unspecified atom stereocenters. The van der Waals surface area contributed by atoms with Crippen LogP contribution in [0.5, 0.6) is 0 Å². The van der Waals surface area contributed by atoms with E-state index in [1.54, 1.807) is 0 Å². The largest absolute Gasteiger partial charge is 0.324 e. The molecule has 0 aromatic heterocycles. The summed E-state index contributed by atoms with van der Waals surface area (Å²) in [6.45, 7) is 0.233. The maximum atomic E-state index is 11.0. The second-order valence-corrected chi connectivity index (χ2v) is 3.45. The summed E-state index contributed by atoms with van der Waals surface area (Å²) < 4.78 is 0. The van der Waals surface area contributed by atoms with Crippen molar-refractivity contribution in [1.29, 1.82) is 0 Å². The Morgan fingerprint density at radius 1 is 1.27 bits per heavy atom. The van der Waals surface area contributed by atoms with E-state index in [0.29, 0.717) is 5.92 Å². The van der Waals surface area contributed by atoms with Gasteiger partial charge in [0.05, 0.1) is 6.54 Å². The van der Waals surface area contributed by atoms with E-state index in [0.717, 1.165) is 6.42 Å². The van der Waals surface area contributed by atoms with Crippen LogP contribution in [0.4, 0.5) is 0 Å². The Balaban J connectivity index is 2.19. The second kappa shape index (κ2) is 4.50. The van der Waals surface area contributed by atoms with Crippen LogP contribution in [0.25, 0.3) is 0 Å². The van der Waals surface area contributed by atoms with Crippen molar-refractivity contribution in [2.75, 3.05) is 6.54 Å². The number of Topliss-reactive ketones (excluding diaryl/α,β-unsaturated/α-hetero) is 1. The van der Waals surface area contributed by atoms with Gasteiger partial charge in [0.25, 0.3) is 0 Å². The molecule has 0 spiro atoms. The number of hydrogen-bond acceptors (Lipinski definition) is 2. The van der Waals surface area contributed by atoms with Gasteiger partial charge in [-0.25, -0.2) is 0 Å². The minimum absolute atomic E-state index is 0.233. The molecule has 2 heteroatoms. The molecule has 0 atom stereocenters. The summed E-state index contributed by atoms with van der Waals surface area (Å²) in [4.78, 5) is 11.0. The lowest BCUT2D eigenvalue weighted by molar-refractivity contribution is -0.118. The molecule has 0 aliphatic heterocycles. The average Bonchev–Trinajstić information content (AvgIpc) is 2.06. The molecule has 0 aromatic rings. The van der Waals surface area contributed by atoms with Crippen LogP contribution in [-0.4, -0.2) is 12.3 Å². The van der Waals surface area contributed by atoms with E-state index in [-0.39, 0.29) is 12.3 Å². The third-order valence-corrected chi connectivity index (χ3v) is 2.47. The highest BCUT2D eigenvalue weighted by Gasteiger charge is 2.15. The molecular formula is C9H17NO. The standard InChI is InChI=1S/C9H17NO/c10-7-9(11)6-8-4-2-1-3-5-8/h8H,1-7,10H2. The summed E-state index contributed by atoms with van der Waals surface area (Å²) in [6, 6.07) is 0. The first kappa shape index (κ1) is 8.72. The molecule has 2 nitrogen and oxygen atoms in total. The number of ketones is 1. The zero-order chi connectivity index (χ0) is 8.10. The smallest absolute Gasteiger partial charge is 0.146 e. The Morgan fingerprint density at radius 2 is 1.91 bits per heavy atom. The first-order valence-corrected chi connectivity index (χ1v) is 4.54. The Hall–Kier alpha value is -0.370. The third-order valence-electron chi connectivity index (χ3n) is 2.47. The summed E-state index contributed by atoms with van der Waals surface area (Å²) in [6.07, 6.45) is 7.19. The molecule has 11 heavy (non-hydrogen) atoms. The average molecular weight is 155 g/mol. The predicted octanol–water partition coefficient (Wildman–Crippen LogP) is 1.48. The zero-order valence-corrected chi connectivity index (χ0v) is 7.01. The normalized spacial score (nSPS) is 20.1. The fourth-order valence-corrected chi connectivity index (χ4v) is 1.80. The van der Waals surface area contributed by atoms with Crippen molar-refractivity contribution in [2.24, 2.45) is 11.7 Å². The van der Waals surface area contributed by atoms with E-state index in [1.807, 2.05) is 0 Å². The maximum absolute atomic E-state index is 11.0. The lowest BCUT2D eigenvalue weighted by atomic mass is 9.86. The first-order chi connectivity index (χ1) is 5.33.